The summed E-state index contributed by atoms with van der Waals surface area (Å²) in [5, 5.41) is 18.5. The monoisotopic (exact) mass is 328 g/mol. The molecule has 0 spiro atoms. The van der Waals surface area contributed by atoms with E-state index in [1.54, 1.807) is 17.0 Å². The van der Waals surface area contributed by atoms with Crippen molar-refractivity contribution in [2.75, 3.05) is 19.7 Å². The Balaban J connectivity index is 1.76. The van der Waals surface area contributed by atoms with Crippen molar-refractivity contribution in [3.05, 3.63) is 35.4 Å². The molecule has 0 bridgehead atoms. The lowest BCUT2D eigenvalue weighted by Crippen LogP contribution is -2.51. The Kier molecular flexibility index (Phi) is 4.54. The van der Waals surface area contributed by atoms with Crippen molar-refractivity contribution >= 4 is 11.9 Å². The first-order valence-electron chi connectivity index (χ1n) is 8.21. The van der Waals surface area contributed by atoms with Crippen LogP contribution in [0.3, 0.4) is 0 Å². The molecule has 24 heavy (non-hydrogen) atoms. The first-order valence-corrected chi connectivity index (χ1v) is 8.21. The van der Waals surface area contributed by atoms with Gasteiger partial charge >= 0.3 is 5.97 Å². The summed E-state index contributed by atoms with van der Waals surface area (Å²) < 4.78 is 5.75. The second kappa shape index (κ2) is 6.62. The zero-order valence-corrected chi connectivity index (χ0v) is 13.4. The van der Waals surface area contributed by atoms with Gasteiger partial charge < -0.3 is 14.7 Å². The molecule has 6 nitrogen and oxygen atoms in total. The standard InChI is InChI=1S/C18H20N2O4/c19-11-13-3-5-14(6-4-13)15-12-20(9-10-24-15)16(21)18(17(22)23)7-1-2-8-18/h3-6,15H,1-2,7-10,12H2,(H,22,23). The van der Waals surface area contributed by atoms with Gasteiger partial charge in [-0.1, -0.05) is 25.0 Å². The number of hydrogen-bond donors (Lipinski definition) is 1. The maximum Gasteiger partial charge on any atom is 0.319 e. The molecule has 1 atom stereocenters. The van der Waals surface area contributed by atoms with E-state index in [1.165, 1.54) is 0 Å². The van der Waals surface area contributed by atoms with Crippen LogP contribution >= 0.6 is 0 Å². The van der Waals surface area contributed by atoms with Crippen molar-refractivity contribution in [3.63, 3.8) is 0 Å². The van der Waals surface area contributed by atoms with Gasteiger partial charge in [0.15, 0.2) is 0 Å². The second-order valence-corrected chi connectivity index (χ2v) is 6.44. The van der Waals surface area contributed by atoms with Crippen molar-refractivity contribution in [3.8, 4) is 6.07 Å². The van der Waals surface area contributed by atoms with E-state index in [-0.39, 0.29) is 12.0 Å². The Hall–Kier alpha value is -2.39. The van der Waals surface area contributed by atoms with E-state index in [0.717, 1.165) is 18.4 Å². The van der Waals surface area contributed by atoms with E-state index in [9.17, 15) is 14.7 Å². The van der Waals surface area contributed by atoms with Crippen LogP contribution in [0.15, 0.2) is 24.3 Å². The van der Waals surface area contributed by atoms with E-state index in [4.69, 9.17) is 10.00 Å². The van der Waals surface area contributed by atoms with Gasteiger partial charge in [0.25, 0.3) is 0 Å². The lowest BCUT2D eigenvalue weighted by Gasteiger charge is -2.37. The maximum atomic E-state index is 12.9. The van der Waals surface area contributed by atoms with Gasteiger partial charge in [0.1, 0.15) is 11.5 Å². The number of carbonyl (C=O) groups excluding carboxylic acids is 1. The number of carboxylic acid groups (broad SMARTS) is 1. The Morgan fingerprint density at radius 2 is 1.92 bits per heavy atom. The van der Waals surface area contributed by atoms with Crippen LogP contribution in [-0.2, 0) is 14.3 Å². The summed E-state index contributed by atoms with van der Waals surface area (Å²) in [5.74, 6) is -1.29. The third-order valence-corrected chi connectivity index (χ3v) is 5.04. The molecule has 1 amide bonds. The average molecular weight is 328 g/mol. The molecule has 1 unspecified atom stereocenters. The summed E-state index contributed by atoms with van der Waals surface area (Å²) in [6, 6.07) is 9.14. The van der Waals surface area contributed by atoms with Gasteiger partial charge in [-0.2, -0.15) is 5.26 Å². The Morgan fingerprint density at radius 1 is 1.25 bits per heavy atom. The highest BCUT2D eigenvalue weighted by molar-refractivity contribution is 6.02. The SMILES string of the molecule is N#Cc1ccc(C2CN(C(=O)C3(C(=O)O)CCCC3)CCO2)cc1. The van der Waals surface area contributed by atoms with Gasteiger partial charge in [-0.25, -0.2) is 0 Å². The van der Waals surface area contributed by atoms with Crippen LogP contribution in [-0.4, -0.2) is 41.6 Å². The molecular weight excluding hydrogens is 308 g/mol. The minimum atomic E-state index is -1.26. The molecular formula is C18H20N2O4. The summed E-state index contributed by atoms with van der Waals surface area (Å²) in [7, 11) is 0. The number of benzene rings is 1. The molecule has 1 aliphatic carbocycles. The second-order valence-electron chi connectivity index (χ2n) is 6.44. The topological polar surface area (TPSA) is 90.6 Å². The number of amides is 1. The van der Waals surface area contributed by atoms with Gasteiger partial charge in [0, 0.05) is 6.54 Å². The van der Waals surface area contributed by atoms with Crippen LogP contribution in [0.25, 0.3) is 0 Å². The molecule has 3 rings (SSSR count). The number of hydrogen-bond acceptors (Lipinski definition) is 4. The van der Waals surface area contributed by atoms with Crippen molar-refractivity contribution in [1.29, 1.82) is 5.26 Å². The number of nitriles is 1. The average Bonchev–Trinajstić information content (AvgIpc) is 3.12. The molecule has 2 aliphatic rings. The Bertz CT molecular complexity index is 671. The molecule has 2 fully saturated rings. The largest absolute Gasteiger partial charge is 0.480 e. The lowest BCUT2D eigenvalue weighted by molar-refractivity contribution is -0.164. The zero-order valence-electron chi connectivity index (χ0n) is 13.4. The summed E-state index contributed by atoms with van der Waals surface area (Å²) in [6.45, 7) is 1.15. The number of carboxylic acids is 1. The molecule has 1 saturated carbocycles. The van der Waals surface area contributed by atoms with Gasteiger partial charge in [-0.3, -0.25) is 9.59 Å². The van der Waals surface area contributed by atoms with Crippen LogP contribution in [0.4, 0.5) is 0 Å². The fourth-order valence-electron chi connectivity index (χ4n) is 3.61. The van der Waals surface area contributed by atoms with Gasteiger partial charge in [-0.05, 0) is 30.5 Å². The van der Waals surface area contributed by atoms with Crippen molar-refractivity contribution in [1.82, 2.24) is 4.90 Å². The molecule has 1 aromatic carbocycles. The van der Waals surface area contributed by atoms with Crippen LogP contribution in [0.1, 0.15) is 42.9 Å². The third kappa shape index (κ3) is 2.87. The number of morpholine rings is 1. The number of nitrogens with zero attached hydrogens (tertiary/aromatic N) is 2. The Morgan fingerprint density at radius 3 is 2.50 bits per heavy atom. The molecule has 1 aliphatic heterocycles. The molecule has 0 aromatic heterocycles. The summed E-state index contributed by atoms with van der Waals surface area (Å²) in [4.78, 5) is 26.2. The fraction of sp³-hybridized carbons (Fsp3) is 0.500. The summed E-state index contributed by atoms with van der Waals surface area (Å²) in [6.07, 6.45) is 2.10. The van der Waals surface area contributed by atoms with E-state index in [2.05, 4.69) is 6.07 Å². The van der Waals surface area contributed by atoms with E-state index < -0.39 is 11.4 Å². The molecule has 1 N–H and O–H groups in total. The van der Waals surface area contributed by atoms with Crippen molar-refractivity contribution in [2.45, 2.75) is 31.8 Å². The highest BCUT2D eigenvalue weighted by Gasteiger charge is 2.50. The first kappa shape index (κ1) is 16.5. The van der Waals surface area contributed by atoms with Crippen LogP contribution in [0.2, 0.25) is 0 Å². The highest BCUT2D eigenvalue weighted by Crippen LogP contribution is 2.41. The van der Waals surface area contributed by atoms with E-state index >= 15 is 0 Å². The lowest BCUT2D eigenvalue weighted by atomic mass is 9.84. The summed E-state index contributed by atoms with van der Waals surface area (Å²) >= 11 is 0. The molecule has 126 valence electrons. The van der Waals surface area contributed by atoms with Gasteiger partial charge in [-0.15, -0.1) is 0 Å². The minimum absolute atomic E-state index is 0.283. The zero-order chi connectivity index (χ0) is 17.2. The van der Waals surface area contributed by atoms with Crippen molar-refractivity contribution < 1.29 is 19.4 Å². The first-order chi connectivity index (χ1) is 11.6. The number of ether oxygens (including phenoxy) is 1. The predicted molar refractivity (Wildman–Crippen MR) is 85.0 cm³/mol. The van der Waals surface area contributed by atoms with Gasteiger partial charge in [0.2, 0.25) is 5.91 Å². The normalized spacial score (nSPS) is 22.8. The van der Waals surface area contributed by atoms with Gasteiger partial charge in [0.05, 0.1) is 24.8 Å². The van der Waals surface area contributed by atoms with Crippen molar-refractivity contribution in [2.24, 2.45) is 5.41 Å². The number of carbonyl (C=O) groups is 2. The van der Waals surface area contributed by atoms with Crippen LogP contribution in [0.5, 0.6) is 0 Å². The molecule has 1 heterocycles. The molecule has 6 heteroatoms. The quantitative estimate of drug-likeness (QED) is 0.858. The third-order valence-electron chi connectivity index (χ3n) is 5.04. The molecule has 0 radical (unpaired) electrons. The molecule has 1 saturated heterocycles. The highest BCUT2D eigenvalue weighted by atomic mass is 16.5. The smallest absolute Gasteiger partial charge is 0.319 e. The Labute approximate surface area is 140 Å². The van der Waals surface area contributed by atoms with E-state index in [0.29, 0.717) is 38.1 Å². The number of rotatable bonds is 3. The predicted octanol–water partition coefficient (Wildman–Crippen LogP) is 2.10. The maximum absolute atomic E-state index is 12.9. The molecule has 1 aromatic rings. The van der Waals surface area contributed by atoms with E-state index in [1.807, 2.05) is 12.1 Å². The fourth-order valence-corrected chi connectivity index (χ4v) is 3.61. The van der Waals surface area contributed by atoms with Crippen LogP contribution in [0, 0.1) is 16.7 Å². The summed E-state index contributed by atoms with van der Waals surface area (Å²) in [5.41, 5.74) is 0.201. The number of aliphatic carboxylic acids is 1. The van der Waals surface area contributed by atoms with Crippen LogP contribution < -0.4 is 0 Å². The minimum Gasteiger partial charge on any atom is -0.480 e.